The molecule has 0 aliphatic carbocycles. The first kappa shape index (κ1) is 18.6. The number of hydrogen-bond acceptors (Lipinski definition) is 4. The highest BCUT2D eigenvalue weighted by Crippen LogP contribution is 2.28. The largest absolute Gasteiger partial charge is 0.341 e. The topological polar surface area (TPSA) is 41.1 Å². The van der Waals surface area contributed by atoms with Gasteiger partial charge in [-0.2, -0.15) is 0 Å². The fourth-order valence-electron chi connectivity index (χ4n) is 3.03. The lowest BCUT2D eigenvalue weighted by molar-refractivity contribution is 0.628. The van der Waals surface area contributed by atoms with Crippen LogP contribution in [0, 0.1) is 5.82 Å². The molecule has 3 rings (SSSR count). The number of hydrogen-bond donors (Lipinski definition) is 1. The highest BCUT2D eigenvalue weighted by molar-refractivity contribution is 5.85. The lowest BCUT2D eigenvalue weighted by atomic mass is 10.0. The summed E-state index contributed by atoms with van der Waals surface area (Å²) < 4.78 is 13.3. The van der Waals surface area contributed by atoms with E-state index < -0.39 is 0 Å². The van der Waals surface area contributed by atoms with Crippen LogP contribution in [0.2, 0.25) is 0 Å². The van der Waals surface area contributed by atoms with E-state index in [9.17, 15) is 4.39 Å². The van der Waals surface area contributed by atoms with Gasteiger partial charge in [0, 0.05) is 37.2 Å². The third-order valence-electron chi connectivity index (χ3n) is 4.34. The fourth-order valence-corrected chi connectivity index (χ4v) is 3.03. The highest BCUT2D eigenvalue weighted by Gasteiger charge is 2.19. The summed E-state index contributed by atoms with van der Waals surface area (Å²) in [6.07, 6.45) is 1.81. The first-order chi connectivity index (χ1) is 11.2. The molecule has 130 valence electrons. The molecule has 0 amide bonds. The third kappa shape index (κ3) is 3.84. The average molecular weight is 351 g/mol. The van der Waals surface area contributed by atoms with Crippen LogP contribution in [0.3, 0.4) is 0 Å². The Hall–Kier alpha value is -1.72. The van der Waals surface area contributed by atoms with Crippen LogP contribution in [0.25, 0.3) is 11.3 Å². The molecule has 6 heteroatoms. The van der Waals surface area contributed by atoms with Crippen LogP contribution in [0.4, 0.5) is 10.3 Å². The van der Waals surface area contributed by atoms with Gasteiger partial charge in [0.05, 0.1) is 11.4 Å². The van der Waals surface area contributed by atoms with Gasteiger partial charge < -0.3 is 10.2 Å². The molecule has 4 nitrogen and oxygen atoms in total. The van der Waals surface area contributed by atoms with Crippen molar-refractivity contribution in [2.24, 2.45) is 0 Å². The SMILES string of the molecule is CCN(CC)c1nc2c(c(-c3ccc(F)cc3)n1)CCNCC2.Cl. The predicted octanol–water partition coefficient (Wildman–Crippen LogP) is 3.24. The summed E-state index contributed by atoms with van der Waals surface area (Å²) in [7, 11) is 0. The van der Waals surface area contributed by atoms with Gasteiger partial charge in [0.1, 0.15) is 5.82 Å². The van der Waals surface area contributed by atoms with E-state index in [4.69, 9.17) is 9.97 Å². The number of benzene rings is 1. The second-order valence-corrected chi connectivity index (χ2v) is 5.73. The maximum absolute atomic E-state index is 13.3. The minimum Gasteiger partial charge on any atom is -0.341 e. The molecule has 24 heavy (non-hydrogen) atoms. The number of aromatic nitrogens is 2. The van der Waals surface area contributed by atoms with E-state index in [1.165, 1.54) is 17.7 Å². The fraction of sp³-hybridized carbons (Fsp3) is 0.444. The van der Waals surface area contributed by atoms with Crippen LogP contribution >= 0.6 is 12.4 Å². The Balaban J connectivity index is 0.00000208. The molecule has 2 aromatic rings. The highest BCUT2D eigenvalue weighted by atomic mass is 35.5. The monoisotopic (exact) mass is 350 g/mol. The van der Waals surface area contributed by atoms with Crippen molar-refractivity contribution in [3.63, 3.8) is 0 Å². The maximum Gasteiger partial charge on any atom is 0.226 e. The molecular weight excluding hydrogens is 327 g/mol. The molecule has 1 aromatic carbocycles. The molecule has 1 aliphatic rings. The number of halogens is 2. The quantitative estimate of drug-likeness (QED) is 0.919. The predicted molar refractivity (Wildman–Crippen MR) is 98.5 cm³/mol. The number of anilines is 1. The molecule has 1 aromatic heterocycles. The second kappa shape index (κ2) is 8.40. The Morgan fingerprint density at radius 2 is 1.71 bits per heavy atom. The van der Waals surface area contributed by atoms with Gasteiger partial charge in [0.15, 0.2) is 0 Å². The summed E-state index contributed by atoms with van der Waals surface area (Å²) in [4.78, 5) is 11.8. The molecule has 0 fully saturated rings. The zero-order valence-electron chi connectivity index (χ0n) is 14.2. The van der Waals surface area contributed by atoms with Crippen LogP contribution < -0.4 is 10.2 Å². The lowest BCUT2D eigenvalue weighted by Gasteiger charge is -2.22. The Labute approximate surface area is 148 Å². The maximum atomic E-state index is 13.3. The minimum absolute atomic E-state index is 0. The molecule has 0 bridgehead atoms. The van der Waals surface area contributed by atoms with Crippen molar-refractivity contribution in [2.45, 2.75) is 26.7 Å². The van der Waals surface area contributed by atoms with E-state index in [-0.39, 0.29) is 18.2 Å². The Bertz CT molecular complexity index is 671. The Morgan fingerprint density at radius 3 is 2.38 bits per heavy atom. The molecule has 0 spiro atoms. The summed E-state index contributed by atoms with van der Waals surface area (Å²) in [5.74, 6) is 0.550. The summed E-state index contributed by atoms with van der Waals surface area (Å²) >= 11 is 0. The van der Waals surface area contributed by atoms with Gasteiger partial charge >= 0.3 is 0 Å². The van der Waals surface area contributed by atoms with Gasteiger partial charge in [-0.15, -0.1) is 12.4 Å². The number of nitrogens with zero attached hydrogens (tertiary/aromatic N) is 3. The molecule has 1 aliphatic heterocycles. The van der Waals surface area contributed by atoms with Crippen LogP contribution in [0.5, 0.6) is 0 Å². The van der Waals surface area contributed by atoms with E-state index in [2.05, 4.69) is 24.1 Å². The Kier molecular flexibility index (Phi) is 6.52. The van der Waals surface area contributed by atoms with Crippen molar-refractivity contribution in [1.82, 2.24) is 15.3 Å². The summed E-state index contributed by atoms with van der Waals surface area (Å²) in [5, 5.41) is 3.42. The van der Waals surface area contributed by atoms with E-state index in [0.717, 1.165) is 61.9 Å². The summed E-state index contributed by atoms with van der Waals surface area (Å²) in [5.41, 5.74) is 4.21. The van der Waals surface area contributed by atoms with Crippen LogP contribution in [0.1, 0.15) is 25.1 Å². The van der Waals surface area contributed by atoms with Crippen molar-refractivity contribution in [2.75, 3.05) is 31.1 Å². The average Bonchev–Trinajstić information content (AvgIpc) is 2.81. The lowest BCUT2D eigenvalue weighted by Crippen LogP contribution is -2.25. The van der Waals surface area contributed by atoms with Crippen molar-refractivity contribution in [3.8, 4) is 11.3 Å². The molecule has 0 saturated heterocycles. The van der Waals surface area contributed by atoms with Gasteiger partial charge in [-0.1, -0.05) is 0 Å². The molecule has 0 atom stereocenters. The molecule has 0 unspecified atom stereocenters. The molecule has 2 heterocycles. The third-order valence-corrected chi connectivity index (χ3v) is 4.34. The minimum atomic E-state index is -0.223. The normalized spacial score (nSPS) is 13.6. The van der Waals surface area contributed by atoms with E-state index in [1.54, 1.807) is 0 Å². The van der Waals surface area contributed by atoms with Gasteiger partial charge in [0.2, 0.25) is 5.95 Å². The van der Waals surface area contributed by atoms with Crippen molar-refractivity contribution in [1.29, 1.82) is 0 Å². The molecule has 0 radical (unpaired) electrons. The van der Waals surface area contributed by atoms with Crippen LogP contribution in [-0.4, -0.2) is 36.1 Å². The zero-order chi connectivity index (χ0) is 16.2. The van der Waals surface area contributed by atoms with Crippen LogP contribution in [-0.2, 0) is 12.8 Å². The first-order valence-electron chi connectivity index (χ1n) is 8.34. The van der Waals surface area contributed by atoms with Crippen LogP contribution in [0.15, 0.2) is 24.3 Å². The molecule has 0 saturated carbocycles. The van der Waals surface area contributed by atoms with Crippen molar-refractivity contribution >= 4 is 18.4 Å². The molecule has 1 N–H and O–H groups in total. The van der Waals surface area contributed by atoms with E-state index in [1.807, 2.05) is 12.1 Å². The zero-order valence-corrected chi connectivity index (χ0v) is 15.0. The van der Waals surface area contributed by atoms with Gasteiger partial charge in [0.25, 0.3) is 0 Å². The van der Waals surface area contributed by atoms with Gasteiger partial charge in [-0.3, -0.25) is 0 Å². The first-order valence-corrected chi connectivity index (χ1v) is 8.34. The van der Waals surface area contributed by atoms with E-state index >= 15 is 0 Å². The van der Waals surface area contributed by atoms with E-state index in [0.29, 0.717) is 0 Å². The summed E-state index contributed by atoms with van der Waals surface area (Å²) in [6.45, 7) is 7.82. The van der Waals surface area contributed by atoms with Crippen molar-refractivity contribution < 1.29 is 4.39 Å². The molecular formula is C18H24ClFN4. The number of nitrogens with one attached hydrogen (secondary N) is 1. The summed E-state index contributed by atoms with van der Waals surface area (Å²) in [6, 6.07) is 6.61. The smallest absolute Gasteiger partial charge is 0.226 e. The van der Waals surface area contributed by atoms with Gasteiger partial charge in [-0.25, -0.2) is 14.4 Å². The number of rotatable bonds is 4. The Morgan fingerprint density at radius 1 is 1.04 bits per heavy atom. The number of fused-ring (bicyclic) bond motifs is 1. The second-order valence-electron chi connectivity index (χ2n) is 5.73. The standard InChI is InChI=1S/C18H23FN4.ClH/c1-3-23(4-2)18-21-16-10-12-20-11-9-15(16)17(22-18)13-5-7-14(19)8-6-13;/h5-8,20H,3-4,9-12H2,1-2H3;1H. The van der Waals surface area contributed by atoms with Gasteiger partial charge in [-0.05, 0) is 51.1 Å². The van der Waals surface area contributed by atoms with Crippen molar-refractivity contribution in [3.05, 3.63) is 41.3 Å².